The van der Waals surface area contributed by atoms with E-state index in [4.69, 9.17) is 14.5 Å². The van der Waals surface area contributed by atoms with Gasteiger partial charge in [0.25, 0.3) is 0 Å². The second-order valence-electron chi connectivity index (χ2n) is 8.14. The van der Waals surface area contributed by atoms with Crippen LogP contribution in [-0.2, 0) is 11.3 Å². The number of nitrogens with one attached hydrogen (secondary N) is 1. The molecule has 174 valence electrons. The van der Waals surface area contributed by atoms with Gasteiger partial charge in [-0.3, -0.25) is 9.36 Å². The molecule has 4 rings (SSSR count). The number of methoxy groups -OCH3 is 2. The molecule has 1 amide bonds. The molecule has 3 heterocycles. The molecular formula is C24H30N6O3. The highest BCUT2D eigenvalue weighted by Gasteiger charge is 2.26. The van der Waals surface area contributed by atoms with E-state index in [0.717, 1.165) is 48.6 Å². The Kier molecular flexibility index (Phi) is 7.07. The number of amides is 1. The molecule has 2 aromatic heterocycles. The molecule has 0 radical (unpaired) electrons. The lowest BCUT2D eigenvalue weighted by molar-refractivity contribution is -0.121. The number of aromatic nitrogens is 4. The van der Waals surface area contributed by atoms with Gasteiger partial charge in [0.15, 0.2) is 0 Å². The van der Waals surface area contributed by atoms with Gasteiger partial charge in [-0.15, -0.1) is 0 Å². The zero-order chi connectivity index (χ0) is 23.2. The summed E-state index contributed by atoms with van der Waals surface area (Å²) in [6, 6.07) is 7.66. The first-order chi connectivity index (χ1) is 16.1. The molecule has 0 spiro atoms. The van der Waals surface area contributed by atoms with Crippen LogP contribution in [0.15, 0.2) is 43.0 Å². The third kappa shape index (κ3) is 5.42. The number of benzene rings is 1. The standard InChI is InChI=1S/C24H30N6O3/c1-17-12-22(28-24(27-17)29-11-9-25-16-29)30-10-5-4-6-19(30)13-23(31)26-15-18-7-8-20(32-2)14-21(18)33-3/h7-9,11-12,14,16,19H,4-6,10,13,15H2,1-3H3,(H,26,31). The van der Waals surface area contributed by atoms with Crippen LogP contribution in [0.5, 0.6) is 11.5 Å². The zero-order valence-corrected chi connectivity index (χ0v) is 19.3. The van der Waals surface area contributed by atoms with Crippen molar-refractivity contribution in [3.05, 3.63) is 54.2 Å². The second-order valence-corrected chi connectivity index (χ2v) is 8.14. The summed E-state index contributed by atoms with van der Waals surface area (Å²) in [6.45, 7) is 3.22. The quantitative estimate of drug-likeness (QED) is 0.564. The Morgan fingerprint density at radius 3 is 2.82 bits per heavy atom. The number of hydrogen-bond acceptors (Lipinski definition) is 7. The van der Waals surface area contributed by atoms with Crippen molar-refractivity contribution < 1.29 is 14.3 Å². The Morgan fingerprint density at radius 1 is 1.18 bits per heavy atom. The molecule has 9 heteroatoms. The van der Waals surface area contributed by atoms with E-state index in [1.165, 1.54) is 0 Å². The maximum absolute atomic E-state index is 12.9. The van der Waals surface area contributed by atoms with Gasteiger partial charge in [0.1, 0.15) is 23.6 Å². The van der Waals surface area contributed by atoms with Crippen molar-refractivity contribution >= 4 is 11.7 Å². The Hall–Kier alpha value is -3.62. The van der Waals surface area contributed by atoms with Crippen LogP contribution < -0.4 is 19.7 Å². The number of carbonyl (C=O) groups excluding carboxylic acids is 1. The SMILES string of the molecule is COc1ccc(CNC(=O)CC2CCCCN2c2cc(C)nc(-n3ccnc3)n2)c(OC)c1. The zero-order valence-electron chi connectivity index (χ0n) is 19.3. The van der Waals surface area contributed by atoms with E-state index in [1.54, 1.807) is 31.3 Å². The summed E-state index contributed by atoms with van der Waals surface area (Å²) in [4.78, 5) is 28.5. The Bertz CT molecular complexity index is 1090. The molecule has 0 saturated carbocycles. The van der Waals surface area contributed by atoms with Crippen molar-refractivity contribution in [1.29, 1.82) is 0 Å². The maximum Gasteiger partial charge on any atom is 0.237 e. The maximum atomic E-state index is 12.9. The lowest BCUT2D eigenvalue weighted by atomic mass is 9.99. The first kappa shape index (κ1) is 22.6. The fourth-order valence-corrected chi connectivity index (χ4v) is 4.17. The average molecular weight is 451 g/mol. The molecule has 1 saturated heterocycles. The molecule has 1 atom stereocenters. The van der Waals surface area contributed by atoms with Gasteiger partial charge in [-0.1, -0.05) is 0 Å². The molecule has 0 bridgehead atoms. The van der Waals surface area contributed by atoms with Crippen molar-refractivity contribution in [3.63, 3.8) is 0 Å². The summed E-state index contributed by atoms with van der Waals surface area (Å²) >= 11 is 0. The Morgan fingerprint density at radius 2 is 2.06 bits per heavy atom. The van der Waals surface area contributed by atoms with Crippen molar-refractivity contribution in [1.82, 2.24) is 24.8 Å². The second kappa shape index (κ2) is 10.3. The van der Waals surface area contributed by atoms with Crippen molar-refractivity contribution in [3.8, 4) is 17.4 Å². The first-order valence-corrected chi connectivity index (χ1v) is 11.2. The predicted octanol–water partition coefficient (Wildman–Crippen LogP) is 3.05. The summed E-state index contributed by atoms with van der Waals surface area (Å²) in [5.74, 6) is 2.85. The normalized spacial score (nSPS) is 15.8. The van der Waals surface area contributed by atoms with Crippen molar-refractivity contribution in [2.45, 2.75) is 45.2 Å². The minimum atomic E-state index is 0.00498. The predicted molar refractivity (Wildman–Crippen MR) is 125 cm³/mol. The molecule has 1 aromatic carbocycles. The van der Waals surface area contributed by atoms with Gasteiger partial charge in [0, 0.05) is 61.3 Å². The van der Waals surface area contributed by atoms with E-state index in [9.17, 15) is 4.79 Å². The van der Waals surface area contributed by atoms with Crippen LogP contribution in [0.3, 0.4) is 0 Å². The van der Waals surface area contributed by atoms with Crippen LogP contribution >= 0.6 is 0 Å². The average Bonchev–Trinajstić information content (AvgIpc) is 3.38. The fourth-order valence-electron chi connectivity index (χ4n) is 4.17. The van der Waals surface area contributed by atoms with Crippen LogP contribution in [0.2, 0.25) is 0 Å². The van der Waals surface area contributed by atoms with E-state index in [2.05, 4.69) is 20.2 Å². The molecule has 3 aromatic rings. The third-order valence-electron chi connectivity index (χ3n) is 5.88. The van der Waals surface area contributed by atoms with Gasteiger partial charge in [-0.25, -0.2) is 9.97 Å². The van der Waals surface area contributed by atoms with Gasteiger partial charge < -0.3 is 19.7 Å². The monoisotopic (exact) mass is 450 g/mol. The number of piperidine rings is 1. The van der Waals surface area contributed by atoms with Crippen LogP contribution in [0, 0.1) is 6.92 Å². The molecule has 1 aliphatic rings. The van der Waals surface area contributed by atoms with Crippen LogP contribution in [0.4, 0.5) is 5.82 Å². The van der Waals surface area contributed by atoms with E-state index < -0.39 is 0 Å². The topological polar surface area (TPSA) is 94.4 Å². The summed E-state index contributed by atoms with van der Waals surface area (Å²) in [6.07, 6.45) is 8.74. The largest absolute Gasteiger partial charge is 0.497 e. The number of nitrogens with zero attached hydrogens (tertiary/aromatic N) is 5. The molecule has 1 unspecified atom stereocenters. The van der Waals surface area contributed by atoms with Crippen LogP contribution in [0.25, 0.3) is 5.95 Å². The number of anilines is 1. The number of aryl methyl sites for hydroxylation is 1. The first-order valence-electron chi connectivity index (χ1n) is 11.2. The van der Waals surface area contributed by atoms with E-state index in [1.807, 2.05) is 37.4 Å². The Labute approximate surface area is 193 Å². The lowest BCUT2D eigenvalue weighted by Gasteiger charge is -2.36. The van der Waals surface area contributed by atoms with Crippen molar-refractivity contribution in [2.24, 2.45) is 0 Å². The van der Waals surface area contributed by atoms with E-state index in [0.29, 0.717) is 24.7 Å². The number of carbonyl (C=O) groups is 1. The van der Waals surface area contributed by atoms with Gasteiger partial charge in [-0.2, -0.15) is 4.98 Å². The third-order valence-corrected chi connectivity index (χ3v) is 5.88. The number of ether oxygens (including phenoxy) is 2. The van der Waals surface area contributed by atoms with Gasteiger partial charge in [0.05, 0.1) is 14.2 Å². The van der Waals surface area contributed by atoms with Crippen LogP contribution in [0.1, 0.15) is 36.9 Å². The highest BCUT2D eigenvalue weighted by molar-refractivity contribution is 5.77. The molecule has 0 aliphatic carbocycles. The number of rotatable bonds is 8. The minimum Gasteiger partial charge on any atom is -0.497 e. The van der Waals surface area contributed by atoms with E-state index >= 15 is 0 Å². The highest BCUT2D eigenvalue weighted by atomic mass is 16.5. The van der Waals surface area contributed by atoms with Gasteiger partial charge >= 0.3 is 0 Å². The highest BCUT2D eigenvalue weighted by Crippen LogP contribution is 2.27. The van der Waals surface area contributed by atoms with Crippen LogP contribution in [-0.4, -0.2) is 52.2 Å². The molecule has 1 fully saturated rings. The minimum absolute atomic E-state index is 0.00498. The number of imidazole rings is 1. The fraction of sp³-hybridized carbons (Fsp3) is 0.417. The summed E-state index contributed by atoms with van der Waals surface area (Å²) in [7, 11) is 3.23. The summed E-state index contributed by atoms with van der Waals surface area (Å²) < 4.78 is 12.5. The smallest absolute Gasteiger partial charge is 0.237 e. The molecule has 33 heavy (non-hydrogen) atoms. The molecule has 1 aliphatic heterocycles. The summed E-state index contributed by atoms with van der Waals surface area (Å²) in [5, 5.41) is 3.04. The molecule has 1 N–H and O–H groups in total. The molecule has 9 nitrogen and oxygen atoms in total. The van der Waals surface area contributed by atoms with E-state index in [-0.39, 0.29) is 11.9 Å². The lowest BCUT2D eigenvalue weighted by Crippen LogP contribution is -2.43. The van der Waals surface area contributed by atoms with Crippen molar-refractivity contribution in [2.75, 3.05) is 25.7 Å². The molecular weight excluding hydrogens is 420 g/mol. The Balaban J connectivity index is 1.45. The number of hydrogen-bond donors (Lipinski definition) is 1. The summed E-state index contributed by atoms with van der Waals surface area (Å²) in [5.41, 5.74) is 1.78. The van der Waals surface area contributed by atoms with Gasteiger partial charge in [0.2, 0.25) is 11.9 Å². The van der Waals surface area contributed by atoms with Gasteiger partial charge in [-0.05, 0) is 38.3 Å².